The van der Waals surface area contributed by atoms with Gasteiger partial charge in [-0.3, -0.25) is 13.9 Å². The van der Waals surface area contributed by atoms with Gasteiger partial charge in [-0.1, -0.05) is 47.0 Å². The first-order valence-electron chi connectivity index (χ1n) is 12.2. The molecule has 40 heavy (non-hydrogen) atoms. The lowest BCUT2D eigenvalue weighted by atomic mass is 10.1. The van der Waals surface area contributed by atoms with Gasteiger partial charge in [0.1, 0.15) is 24.1 Å². The largest absolute Gasteiger partial charge is 0.497 e. The summed E-state index contributed by atoms with van der Waals surface area (Å²) in [5.41, 5.74) is 1.49. The second kappa shape index (κ2) is 13.3. The molecule has 0 heterocycles. The van der Waals surface area contributed by atoms with Gasteiger partial charge in [0.15, 0.2) is 0 Å². The van der Waals surface area contributed by atoms with Gasteiger partial charge in [0.05, 0.1) is 24.8 Å². The van der Waals surface area contributed by atoms with Crippen molar-refractivity contribution in [1.82, 2.24) is 10.2 Å². The molecule has 0 bridgehead atoms. The average Bonchev–Trinajstić information content (AvgIpc) is 2.94. The summed E-state index contributed by atoms with van der Waals surface area (Å²) in [6.07, 6.45) is 0. The van der Waals surface area contributed by atoms with Crippen LogP contribution in [0, 0.1) is 6.92 Å². The van der Waals surface area contributed by atoms with Crippen LogP contribution in [0.4, 0.5) is 5.69 Å². The summed E-state index contributed by atoms with van der Waals surface area (Å²) in [6, 6.07) is 14.7. The Morgan fingerprint density at radius 2 is 1.65 bits per heavy atom. The standard InChI is InChI=1S/C28H31Cl2N3O6S/c1-18-6-11-23(12-7-18)40(36,37)33(25-15-22(38-4)10-13-26(25)39-5)17-27(34)32(19(2)28(35)31-3)16-20-8-9-21(29)14-24(20)30/h6-15,19H,16-17H2,1-5H3,(H,31,35)/t19-/m0/s1. The Morgan fingerprint density at radius 3 is 2.23 bits per heavy atom. The molecule has 0 saturated heterocycles. The number of amides is 2. The topological polar surface area (TPSA) is 105 Å². The molecule has 3 aromatic carbocycles. The molecule has 214 valence electrons. The predicted molar refractivity (Wildman–Crippen MR) is 156 cm³/mol. The maximum Gasteiger partial charge on any atom is 0.264 e. The third-order valence-electron chi connectivity index (χ3n) is 6.31. The summed E-state index contributed by atoms with van der Waals surface area (Å²) in [4.78, 5) is 27.8. The quantitative estimate of drug-likeness (QED) is 0.339. The molecule has 2 amide bonds. The number of ether oxygens (including phenoxy) is 2. The van der Waals surface area contributed by atoms with E-state index in [1.165, 1.54) is 50.4 Å². The second-order valence-electron chi connectivity index (χ2n) is 8.91. The average molecular weight is 609 g/mol. The monoisotopic (exact) mass is 607 g/mol. The number of halogens is 2. The van der Waals surface area contributed by atoms with E-state index in [4.69, 9.17) is 32.7 Å². The number of carbonyl (C=O) groups is 2. The molecule has 9 nitrogen and oxygen atoms in total. The Morgan fingerprint density at radius 1 is 0.975 bits per heavy atom. The molecule has 0 aliphatic rings. The van der Waals surface area contributed by atoms with Crippen molar-refractivity contribution in [3.63, 3.8) is 0 Å². The van der Waals surface area contributed by atoms with Crippen molar-refractivity contribution < 1.29 is 27.5 Å². The van der Waals surface area contributed by atoms with E-state index in [9.17, 15) is 18.0 Å². The van der Waals surface area contributed by atoms with Gasteiger partial charge in [0, 0.05) is 29.7 Å². The molecule has 0 aliphatic heterocycles. The number of sulfonamides is 1. The highest BCUT2D eigenvalue weighted by atomic mass is 35.5. The van der Waals surface area contributed by atoms with Crippen LogP contribution in [0.5, 0.6) is 11.5 Å². The molecule has 0 aliphatic carbocycles. The minimum absolute atomic E-state index is 0.0255. The lowest BCUT2D eigenvalue weighted by molar-refractivity contribution is -0.139. The fourth-order valence-electron chi connectivity index (χ4n) is 3.97. The van der Waals surface area contributed by atoms with Crippen molar-refractivity contribution in [2.24, 2.45) is 0 Å². The molecular formula is C28H31Cl2N3O6S. The van der Waals surface area contributed by atoms with Crippen molar-refractivity contribution in [2.75, 3.05) is 32.1 Å². The highest BCUT2D eigenvalue weighted by Gasteiger charge is 2.34. The highest BCUT2D eigenvalue weighted by Crippen LogP contribution is 2.36. The molecule has 3 rings (SSSR count). The Bertz CT molecular complexity index is 1480. The number of aryl methyl sites for hydroxylation is 1. The summed E-state index contributed by atoms with van der Waals surface area (Å²) in [5.74, 6) is -0.528. The molecule has 1 atom stereocenters. The van der Waals surface area contributed by atoms with E-state index in [-0.39, 0.29) is 22.9 Å². The summed E-state index contributed by atoms with van der Waals surface area (Å²) >= 11 is 12.4. The Labute approximate surface area is 244 Å². The number of nitrogens with zero attached hydrogens (tertiary/aromatic N) is 2. The van der Waals surface area contributed by atoms with Crippen LogP contribution in [0.25, 0.3) is 0 Å². The number of likely N-dealkylation sites (N-methyl/N-ethyl adjacent to an activating group) is 1. The van der Waals surface area contributed by atoms with E-state index in [1.807, 2.05) is 6.92 Å². The van der Waals surface area contributed by atoms with Crippen LogP contribution in [0.15, 0.2) is 65.6 Å². The second-order valence-corrected chi connectivity index (χ2v) is 11.6. The number of hydrogen-bond acceptors (Lipinski definition) is 6. The van der Waals surface area contributed by atoms with Crippen LogP contribution in [-0.2, 0) is 26.2 Å². The fourth-order valence-corrected chi connectivity index (χ4v) is 5.85. The number of anilines is 1. The molecule has 12 heteroatoms. The normalized spacial score (nSPS) is 11.9. The van der Waals surface area contributed by atoms with E-state index in [2.05, 4.69) is 5.32 Å². The Balaban J connectivity index is 2.14. The van der Waals surface area contributed by atoms with Crippen LogP contribution in [-0.4, -0.2) is 59.0 Å². The molecular weight excluding hydrogens is 577 g/mol. The van der Waals surface area contributed by atoms with E-state index in [0.29, 0.717) is 21.4 Å². The van der Waals surface area contributed by atoms with Gasteiger partial charge in [-0.15, -0.1) is 0 Å². The number of hydrogen-bond donors (Lipinski definition) is 1. The van der Waals surface area contributed by atoms with Gasteiger partial charge >= 0.3 is 0 Å². The predicted octanol–water partition coefficient (Wildman–Crippen LogP) is 4.68. The zero-order valence-corrected chi connectivity index (χ0v) is 25.1. The molecule has 0 fully saturated rings. The first-order chi connectivity index (χ1) is 18.9. The summed E-state index contributed by atoms with van der Waals surface area (Å²) in [5, 5.41) is 3.24. The SMILES string of the molecule is CNC(=O)[C@H](C)N(Cc1ccc(Cl)cc1Cl)C(=O)CN(c1cc(OC)ccc1OC)S(=O)(=O)c1ccc(C)cc1. The van der Waals surface area contributed by atoms with Crippen molar-refractivity contribution in [3.05, 3.63) is 81.8 Å². The van der Waals surface area contributed by atoms with Crippen LogP contribution < -0.4 is 19.1 Å². The smallest absolute Gasteiger partial charge is 0.264 e. The van der Waals surface area contributed by atoms with E-state index in [1.54, 1.807) is 43.3 Å². The Kier molecular flexibility index (Phi) is 10.3. The molecule has 3 aromatic rings. The summed E-state index contributed by atoms with van der Waals surface area (Å²) in [7, 11) is -0.000766. The first kappa shape index (κ1) is 31.1. The zero-order valence-electron chi connectivity index (χ0n) is 22.8. The number of rotatable bonds is 11. The van der Waals surface area contributed by atoms with Crippen LogP contribution in [0.1, 0.15) is 18.1 Å². The third-order valence-corrected chi connectivity index (χ3v) is 8.67. The van der Waals surface area contributed by atoms with Crippen LogP contribution in [0.2, 0.25) is 10.0 Å². The van der Waals surface area contributed by atoms with Crippen molar-refractivity contribution >= 4 is 50.7 Å². The van der Waals surface area contributed by atoms with Gasteiger partial charge < -0.3 is 19.7 Å². The summed E-state index contributed by atoms with van der Waals surface area (Å²) < 4.78 is 39.8. The summed E-state index contributed by atoms with van der Waals surface area (Å²) in [6.45, 7) is 2.66. The van der Waals surface area contributed by atoms with Crippen LogP contribution >= 0.6 is 23.2 Å². The third kappa shape index (κ3) is 6.99. The lowest BCUT2D eigenvalue weighted by Crippen LogP contribution is -2.50. The van der Waals surface area contributed by atoms with E-state index in [0.717, 1.165) is 9.87 Å². The van der Waals surface area contributed by atoms with Gasteiger partial charge in [-0.25, -0.2) is 8.42 Å². The number of carbonyl (C=O) groups excluding carboxylic acids is 2. The molecule has 1 N–H and O–H groups in total. The van der Waals surface area contributed by atoms with Gasteiger partial charge in [-0.05, 0) is 55.8 Å². The van der Waals surface area contributed by atoms with Gasteiger partial charge in [-0.2, -0.15) is 0 Å². The fraction of sp³-hybridized carbons (Fsp3) is 0.286. The first-order valence-corrected chi connectivity index (χ1v) is 14.4. The van der Waals surface area contributed by atoms with E-state index >= 15 is 0 Å². The molecule has 0 spiro atoms. The molecule has 0 unspecified atom stereocenters. The van der Waals surface area contributed by atoms with Gasteiger partial charge in [0.2, 0.25) is 11.8 Å². The minimum Gasteiger partial charge on any atom is -0.497 e. The van der Waals surface area contributed by atoms with Gasteiger partial charge in [0.25, 0.3) is 10.0 Å². The van der Waals surface area contributed by atoms with Crippen molar-refractivity contribution in [1.29, 1.82) is 0 Å². The molecule has 0 saturated carbocycles. The highest BCUT2D eigenvalue weighted by molar-refractivity contribution is 7.92. The van der Waals surface area contributed by atoms with Crippen molar-refractivity contribution in [3.8, 4) is 11.5 Å². The maximum atomic E-state index is 14.0. The lowest BCUT2D eigenvalue weighted by Gasteiger charge is -2.32. The maximum absolute atomic E-state index is 14.0. The zero-order chi connectivity index (χ0) is 29.6. The molecule has 0 aromatic heterocycles. The van der Waals surface area contributed by atoms with E-state index < -0.39 is 34.4 Å². The minimum atomic E-state index is -4.29. The number of methoxy groups -OCH3 is 2. The van der Waals surface area contributed by atoms with Crippen LogP contribution in [0.3, 0.4) is 0 Å². The number of benzene rings is 3. The number of nitrogens with one attached hydrogen (secondary N) is 1. The molecule has 0 radical (unpaired) electrons. The van der Waals surface area contributed by atoms with Crippen molar-refractivity contribution in [2.45, 2.75) is 31.3 Å². The Hall–Kier alpha value is -3.47.